The Balaban J connectivity index is 1.89. The molecule has 6 nitrogen and oxygen atoms in total. The molecule has 0 aliphatic carbocycles. The number of benzene rings is 1. The van der Waals surface area contributed by atoms with Crippen LogP contribution in [0.2, 0.25) is 0 Å². The zero-order chi connectivity index (χ0) is 15.2. The van der Waals surface area contributed by atoms with Gasteiger partial charge in [-0.05, 0) is 31.0 Å². The van der Waals surface area contributed by atoms with Gasteiger partial charge >= 0.3 is 5.76 Å². The van der Waals surface area contributed by atoms with Gasteiger partial charge in [0.15, 0.2) is 0 Å². The van der Waals surface area contributed by atoms with Crippen LogP contribution in [0.3, 0.4) is 0 Å². The van der Waals surface area contributed by atoms with E-state index in [1.54, 1.807) is 0 Å². The fourth-order valence-corrected chi connectivity index (χ4v) is 1.93. The van der Waals surface area contributed by atoms with E-state index < -0.39 is 11.9 Å². The number of hydrogen-bond donors (Lipinski definition) is 1. The molecule has 0 amide bonds. The molecule has 0 aliphatic heterocycles. The third-order valence-corrected chi connectivity index (χ3v) is 2.93. The summed E-state index contributed by atoms with van der Waals surface area (Å²) >= 11 is 0. The molecule has 0 radical (unpaired) electrons. The first-order chi connectivity index (χ1) is 10.1. The second-order valence-electron chi connectivity index (χ2n) is 4.98. The summed E-state index contributed by atoms with van der Waals surface area (Å²) in [4.78, 5) is 11.6. The predicted octanol–water partition coefficient (Wildman–Crippen LogP) is 1.54. The lowest BCUT2D eigenvalue weighted by atomic mass is 10.2. The summed E-state index contributed by atoms with van der Waals surface area (Å²) in [5.74, 6) is 0.538. The zero-order valence-electron chi connectivity index (χ0n) is 12.3. The van der Waals surface area contributed by atoms with Crippen molar-refractivity contribution in [3.05, 3.63) is 46.3 Å². The Hall–Kier alpha value is -2.08. The molecule has 114 valence electrons. The molecule has 2 rings (SSSR count). The molecule has 1 aromatic heterocycles. The minimum atomic E-state index is -0.831. The van der Waals surface area contributed by atoms with Crippen LogP contribution in [0, 0.1) is 6.92 Å². The number of aliphatic hydroxyl groups is 1. The van der Waals surface area contributed by atoms with Crippen LogP contribution in [0.25, 0.3) is 0 Å². The minimum absolute atomic E-state index is 0.0534. The van der Waals surface area contributed by atoms with Crippen molar-refractivity contribution in [1.29, 1.82) is 0 Å². The highest BCUT2D eigenvalue weighted by Gasteiger charge is 2.12. The summed E-state index contributed by atoms with van der Waals surface area (Å²) in [5, 5.41) is 14.0. The first-order valence-electron chi connectivity index (χ1n) is 7.03. The van der Waals surface area contributed by atoms with Gasteiger partial charge in [-0.2, -0.15) is 4.68 Å². The SMILES string of the molecule is CCCc1nn(CC(O)COc2cccc(C)c2)c(=O)o1. The lowest BCUT2D eigenvalue weighted by Gasteiger charge is -2.11. The number of ether oxygens (including phenoxy) is 1. The molecule has 1 atom stereocenters. The van der Waals surface area contributed by atoms with Crippen LogP contribution >= 0.6 is 0 Å². The largest absolute Gasteiger partial charge is 0.491 e. The maximum absolute atomic E-state index is 11.6. The van der Waals surface area contributed by atoms with Gasteiger partial charge in [0, 0.05) is 6.42 Å². The van der Waals surface area contributed by atoms with Crippen LogP contribution in [0.4, 0.5) is 0 Å². The van der Waals surface area contributed by atoms with E-state index in [4.69, 9.17) is 9.15 Å². The van der Waals surface area contributed by atoms with Gasteiger partial charge in [0.25, 0.3) is 0 Å². The van der Waals surface area contributed by atoms with Crippen molar-refractivity contribution in [1.82, 2.24) is 9.78 Å². The number of aliphatic hydroxyl groups excluding tert-OH is 1. The lowest BCUT2D eigenvalue weighted by molar-refractivity contribution is 0.0875. The molecule has 0 saturated carbocycles. The van der Waals surface area contributed by atoms with Crippen molar-refractivity contribution in [2.24, 2.45) is 0 Å². The Bertz CT molecular complexity index is 633. The summed E-state index contributed by atoms with van der Waals surface area (Å²) in [6, 6.07) is 7.55. The molecular weight excluding hydrogens is 272 g/mol. The Morgan fingerprint density at radius 2 is 2.29 bits per heavy atom. The average Bonchev–Trinajstić information content (AvgIpc) is 2.77. The van der Waals surface area contributed by atoms with Crippen molar-refractivity contribution >= 4 is 0 Å². The maximum Gasteiger partial charge on any atom is 0.437 e. The molecule has 1 unspecified atom stereocenters. The number of rotatable bonds is 7. The fraction of sp³-hybridized carbons (Fsp3) is 0.467. The summed E-state index contributed by atoms with van der Waals surface area (Å²) in [6.45, 7) is 4.08. The van der Waals surface area contributed by atoms with E-state index in [1.807, 2.05) is 38.1 Å². The van der Waals surface area contributed by atoms with Crippen LogP contribution in [0.1, 0.15) is 24.8 Å². The molecule has 1 N–H and O–H groups in total. The van der Waals surface area contributed by atoms with Crippen molar-refractivity contribution < 1.29 is 14.3 Å². The van der Waals surface area contributed by atoms with Crippen molar-refractivity contribution in [3.63, 3.8) is 0 Å². The first kappa shape index (κ1) is 15.3. The Kier molecular flexibility index (Phi) is 5.16. The summed E-state index contributed by atoms with van der Waals surface area (Å²) in [6.07, 6.45) is 0.625. The van der Waals surface area contributed by atoms with Gasteiger partial charge in [0.1, 0.15) is 18.5 Å². The molecule has 1 heterocycles. The van der Waals surface area contributed by atoms with E-state index >= 15 is 0 Å². The summed E-state index contributed by atoms with van der Waals surface area (Å²) in [5.41, 5.74) is 1.08. The monoisotopic (exact) mass is 292 g/mol. The molecule has 0 saturated heterocycles. The van der Waals surface area contributed by atoms with Crippen LogP contribution in [0.15, 0.2) is 33.5 Å². The molecule has 0 bridgehead atoms. The third kappa shape index (κ3) is 4.46. The maximum atomic E-state index is 11.6. The van der Waals surface area contributed by atoms with Crippen molar-refractivity contribution in [2.75, 3.05) is 6.61 Å². The zero-order valence-corrected chi connectivity index (χ0v) is 12.3. The number of nitrogens with zero attached hydrogens (tertiary/aromatic N) is 2. The molecule has 0 spiro atoms. The Morgan fingerprint density at radius 1 is 1.48 bits per heavy atom. The predicted molar refractivity (Wildman–Crippen MR) is 77.4 cm³/mol. The van der Waals surface area contributed by atoms with Gasteiger partial charge < -0.3 is 14.3 Å². The Labute approximate surface area is 123 Å². The number of hydrogen-bond acceptors (Lipinski definition) is 5. The molecule has 0 fully saturated rings. The van der Waals surface area contributed by atoms with E-state index in [-0.39, 0.29) is 13.2 Å². The summed E-state index contributed by atoms with van der Waals surface area (Å²) in [7, 11) is 0. The van der Waals surface area contributed by atoms with Gasteiger partial charge in [-0.3, -0.25) is 0 Å². The van der Waals surface area contributed by atoms with E-state index in [2.05, 4.69) is 5.10 Å². The van der Waals surface area contributed by atoms with Gasteiger partial charge in [-0.1, -0.05) is 19.1 Å². The smallest absolute Gasteiger partial charge is 0.437 e. The lowest BCUT2D eigenvalue weighted by Crippen LogP contribution is -2.29. The highest BCUT2D eigenvalue weighted by atomic mass is 16.5. The van der Waals surface area contributed by atoms with E-state index in [1.165, 1.54) is 0 Å². The third-order valence-electron chi connectivity index (χ3n) is 2.93. The Morgan fingerprint density at radius 3 is 3.00 bits per heavy atom. The van der Waals surface area contributed by atoms with E-state index in [0.29, 0.717) is 18.1 Å². The fourth-order valence-electron chi connectivity index (χ4n) is 1.93. The van der Waals surface area contributed by atoms with Crippen molar-refractivity contribution in [2.45, 2.75) is 39.3 Å². The number of aryl methyl sites for hydroxylation is 2. The topological polar surface area (TPSA) is 77.5 Å². The van der Waals surface area contributed by atoms with Crippen LogP contribution in [-0.2, 0) is 13.0 Å². The number of aromatic nitrogens is 2. The van der Waals surface area contributed by atoms with Crippen LogP contribution < -0.4 is 10.5 Å². The average molecular weight is 292 g/mol. The summed E-state index contributed by atoms with van der Waals surface area (Å²) < 4.78 is 11.6. The second kappa shape index (κ2) is 7.08. The van der Waals surface area contributed by atoms with E-state index in [9.17, 15) is 9.90 Å². The molecule has 21 heavy (non-hydrogen) atoms. The quantitative estimate of drug-likeness (QED) is 0.837. The van der Waals surface area contributed by atoms with Crippen LogP contribution in [0.5, 0.6) is 5.75 Å². The van der Waals surface area contributed by atoms with Crippen molar-refractivity contribution in [3.8, 4) is 5.75 Å². The second-order valence-corrected chi connectivity index (χ2v) is 4.98. The van der Waals surface area contributed by atoms with Gasteiger partial charge in [-0.25, -0.2) is 4.79 Å². The highest BCUT2D eigenvalue weighted by molar-refractivity contribution is 5.27. The van der Waals surface area contributed by atoms with Gasteiger partial charge in [0.05, 0.1) is 6.54 Å². The molecule has 0 aliphatic rings. The molecule has 6 heteroatoms. The van der Waals surface area contributed by atoms with Crippen LogP contribution in [-0.4, -0.2) is 27.6 Å². The molecular formula is C15H20N2O4. The van der Waals surface area contributed by atoms with Gasteiger partial charge in [-0.15, -0.1) is 5.10 Å². The van der Waals surface area contributed by atoms with Gasteiger partial charge in [0.2, 0.25) is 5.89 Å². The van der Waals surface area contributed by atoms with E-state index in [0.717, 1.165) is 16.7 Å². The molecule has 1 aromatic carbocycles. The standard InChI is InChI=1S/C15H20N2O4/c1-3-5-14-16-17(15(19)21-14)9-12(18)10-20-13-7-4-6-11(2)8-13/h4,6-8,12,18H,3,5,9-10H2,1-2H3. The first-order valence-corrected chi connectivity index (χ1v) is 7.03. The minimum Gasteiger partial charge on any atom is -0.491 e. The normalized spacial score (nSPS) is 12.3. The highest BCUT2D eigenvalue weighted by Crippen LogP contribution is 2.12. The molecule has 2 aromatic rings.